The van der Waals surface area contributed by atoms with E-state index in [1.54, 1.807) is 0 Å². The molecule has 1 saturated carbocycles. The third-order valence-corrected chi connectivity index (χ3v) is 6.53. The van der Waals surface area contributed by atoms with Gasteiger partial charge in [-0.1, -0.05) is 41.0 Å². The zero-order valence-corrected chi connectivity index (χ0v) is 15.2. The lowest BCUT2D eigenvalue weighted by Gasteiger charge is -2.49. The maximum absolute atomic E-state index is 12.0. The predicted octanol–water partition coefficient (Wildman–Crippen LogP) is 4.31. The highest BCUT2D eigenvalue weighted by molar-refractivity contribution is 5.77. The van der Waals surface area contributed by atoms with E-state index in [4.69, 9.17) is 0 Å². The molecule has 3 atom stereocenters. The van der Waals surface area contributed by atoms with E-state index in [-0.39, 0.29) is 34.5 Å². The second kappa shape index (κ2) is 5.14. The number of benzene rings is 1. The standard InChI is InChI=1S/C20H28O4/c1-10(2)12-15(22)13-11(9-21)18-19(3,4)7-6-8-20(18,5)14(13)17(24)16(12)23/h9-11,18,22-24H,6-8H2,1-5H3/t11-,18-,20+/m0/s1. The highest BCUT2D eigenvalue weighted by atomic mass is 16.3. The van der Waals surface area contributed by atoms with Crippen LogP contribution >= 0.6 is 0 Å². The lowest BCUT2D eigenvalue weighted by atomic mass is 9.55. The molecule has 24 heavy (non-hydrogen) atoms. The van der Waals surface area contributed by atoms with Crippen molar-refractivity contribution in [2.45, 2.75) is 71.1 Å². The van der Waals surface area contributed by atoms with Gasteiger partial charge < -0.3 is 20.1 Å². The summed E-state index contributed by atoms with van der Waals surface area (Å²) in [5.41, 5.74) is 0.947. The van der Waals surface area contributed by atoms with Crippen LogP contribution in [0.1, 0.15) is 82.4 Å². The molecule has 0 bridgehead atoms. The van der Waals surface area contributed by atoms with Crippen molar-refractivity contribution in [1.82, 2.24) is 0 Å². The molecule has 1 aromatic carbocycles. The summed E-state index contributed by atoms with van der Waals surface area (Å²) < 4.78 is 0. The molecule has 4 nitrogen and oxygen atoms in total. The average Bonchev–Trinajstić information content (AvgIpc) is 2.74. The molecule has 0 aromatic heterocycles. The fourth-order valence-electron chi connectivity index (χ4n) is 5.76. The van der Waals surface area contributed by atoms with Crippen LogP contribution in [-0.2, 0) is 10.2 Å². The largest absolute Gasteiger partial charge is 0.507 e. The van der Waals surface area contributed by atoms with Crippen molar-refractivity contribution in [3.8, 4) is 17.2 Å². The van der Waals surface area contributed by atoms with Gasteiger partial charge in [0, 0.05) is 28.0 Å². The fourth-order valence-corrected chi connectivity index (χ4v) is 5.76. The van der Waals surface area contributed by atoms with Crippen LogP contribution in [0.25, 0.3) is 0 Å². The van der Waals surface area contributed by atoms with E-state index in [0.717, 1.165) is 25.5 Å². The Kier molecular flexibility index (Phi) is 3.67. The molecule has 0 spiro atoms. The number of hydrogen-bond donors (Lipinski definition) is 3. The molecule has 0 radical (unpaired) electrons. The van der Waals surface area contributed by atoms with Gasteiger partial charge in [-0.25, -0.2) is 0 Å². The van der Waals surface area contributed by atoms with Gasteiger partial charge in [0.1, 0.15) is 12.0 Å². The highest BCUT2D eigenvalue weighted by Crippen LogP contribution is 2.67. The van der Waals surface area contributed by atoms with Crippen LogP contribution in [-0.4, -0.2) is 21.6 Å². The number of aldehydes is 1. The molecule has 0 amide bonds. The maximum Gasteiger partial charge on any atom is 0.165 e. The molecule has 3 rings (SSSR count). The molecule has 132 valence electrons. The first-order valence-corrected chi connectivity index (χ1v) is 8.84. The summed E-state index contributed by atoms with van der Waals surface area (Å²) in [6, 6.07) is 0. The average molecular weight is 332 g/mol. The third kappa shape index (κ3) is 1.95. The molecule has 0 aliphatic heterocycles. The van der Waals surface area contributed by atoms with Crippen molar-refractivity contribution in [3.05, 3.63) is 16.7 Å². The van der Waals surface area contributed by atoms with Crippen molar-refractivity contribution < 1.29 is 20.1 Å². The van der Waals surface area contributed by atoms with Gasteiger partial charge in [0.15, 0.2) is 11.5 Å². The van der Waals surface area contributed by atoms with Gasteiger partial charge in [0.2, 0.25) is 0 Å². The number of carbonyl (C=O) groups is 1. The van der Waals surface area contributed by atoms with E-state index in [2.05, 4.69) is 20.8 Å². The molecule has 0 saturated heterocycles. The van der Waals surface area contributed by atoms with Crippen LogP contribution in [0.4, 0.5) is 0 Å². The first kappa shape index (κ1) is 17.1. The van der Waals surface area contributed by atoms with Gasteiger partial charge in [-0.05, 0) is 30.1 Å². The van der Waals surface area contributed by atoms with Gasteiger partial charge in [-0.15, -0.1) is 0 Å². The van der Waals surface area contributed by atoms with E-state index in [1.807, 2.05) is 13.8 Å². The predicted molar refractivity (Wildman–Crippen MR) is 92.8 cm³/mol. The second-order valence-corrected chi connectivity index (χ2v) is 8.80. The minimum atomic E-state index is -0.454. The molecule has 2 aliphatic rings. The quantitative estimate of drug-likeness (QED) is 0.428. The highest BCUT2D eigenvalue weighted by Gasteiger charge is 2.59. The molecule has 1 aromatic rings. The van der Waals surface area contributed by atoms with Crippen LogP contribution in [0.2, 0.25) is 0 Å². The summed E-state index contributed by atoms with van der Waals surface area (Å²) in [6.45, 7) is 10.1. The summed E-state index contributed by atoms with van der Waals surface area (Å²) in [7, 11) is 0. The molecule has 2 aliphatic carbocycles. The Morgan fingerprint density at radius 1 is 1.04 bits per heavy atom. The van der Waals surface area contributed by atoms with Crippen molar-refractivity contribution in [1.29, 1.82) is 0 Å². The van der Waals surface area contributed by atoms with Gasteiger partial charge in [0.25, 0.3) is 0 Å². The van der Waals surface area contributed by atoms with E-state index < -0.39 is 11.3 Å². The first-order valence-electron chi connectivity index (χ1n) is 8.84. The number of aromatic hydroxyl groups is 3. The SMILES string of the molecule is CC(C)c1c(O)c(O)c2c(c1O)[C@H](C=O)[C@H]1C(C)(C)CCC[C@]21C. The molecule has 0 heterocycles. The summed E-state index contributed by atoms with van der Waals surface area (Å²) >= 11 is 0. The first-order chi connectivity index (χ1) is 11.1. The van der Waals surface area contributed by atoms with Crippen molar-refractivity contribution >= 4 is 6.29 Å². The number of phenolic OH excluding ortho intramolecular Hbond substituents is 3. The van der Waals surface area contributed by atoms with Crippen LogP contribution in [0.3, 0.4) is 0 Å². The monoisotopic (exact) mass is 332 g/mol. The minimum Gasteiger partial charge on any atom is -0.507 e. The van der Waals surface area contributed by atoms with Crippen molar-refractivity contribution in [3.63, 3.8) is 0 Å². The molecule has 1 fully saturated rings. The normalized spacial score (nSPS) is 30.9. The van der Waals surface area contributed by atoms with Crippen LogP contribution < -0.4 is 0 Å². The van der Waals surface area contributed by atoms with E-state index >= 15 is 0 Å². The molecule has 3 N–H and O–H groups in total. The van der Waals surface area contributed by atoms with Gasteiger partial charge in [0.05, 0.1) is 0 Å². The van der Waals surface area contributed by atoms with Gasteiger partial charge in [-0.2, -0.15) is 0 Å². The molecule has 4 heteroatoms. The summed E-state index contributed by atoms with van der Waals surface area (Å²) in [5, 5.41) is 32.2. The lowest BCUT2D eigenvalue weighted by Crippen LogP contribution is -2.44. The smallest absolute Gasteiger partial charge is 0.165 e. The third-order valence-electron chi connectivity index (χ3n) is 6.53. The maximum atomic E-state index is 12.0. The molecule has 0 unspecified atom stereocenters. The zero-order valence-electron chi connectivity index (χ0n) is 15.2. The van der Waals surface area contributed by atoms with Crippen molar-refractivity contribution in [2.24, 2.45) is 11.3 Å². The Hall–Kier alpha value is -1.71. The topological polar surface area (TPSA) is 77.8 Å². The van der Waals surface area contributed by atoms with E-state index in [9.17, 15) is 20.1 Å². The summed E-state index contributed by atoms with van der Waals surface area (Å²) in [6.07, 6.45) is 3.77. The molecular weight excluding hydrogens is 304 g/mol. The Morgan fingerprint density at radius 2 is 1.67 bits per heavy atom. The van der Waals surface area contributed by atoms with Gasteiger partial charge in [-0.3, -0.25) is 0 Å². The Labute approximate surface area is 143 Å². The number of rotatable bonds is 2. The van der Waals surface area contributed by atoms with Crippen molar-refractivity contribution in [2.75, 3.05) is 0 Å². The Bertz CT molecular complexity index is 704. The summed E-state index contributed by atoms with van der Waals surface area (Å²) in [5.74, 6) is -1.01. The van der Waals surface area contributed by atoms with Crippen LogP contribution in [0.15, 0.2) is 0 Å². The minimum absolute atomic E-state index is 0.00450. The van der Waals surface area contributed by atoms with Gasteiger partial charge >= 0.3 is 0 Å². The number of carbonyl (C=O) groups excluding carboxylic acids is 1. The Balaban J connectivity index is 2.39. The zero-order chi connectivity index (χ0) is 18.0. The second-order valence-electron chi connectivity index (χ2n) is 8.80. The molecular formula is C20H28O4. The summed E-state index contributed by atoms with van der Waals surface area (Å²) in [4.78, 5) is 12.0. The van der Waals surface area contributed by atoms with Crippen LogP contribution in [0.5, 0.6) is 17.2 Å². The Morgan fingerprint density at radius 3 is 2.21 bits per heavy atom. The van der Waals surface area contributed by atoms with E-state index in [0.29, 0.717) is 16.7 Å². The number of hydrogen-bond acceptors (Lipinski definition) is 4. The fraction of sp³-hybridized carbons (Fsp3) is 0.650. The number of phenols is 3. The van der Waals surface area contributed by atoms with Crippen LogP contribution in [0, 0.1) is 11.3 Å². The van der Waals surface area contributed by atoms with E-state index in [1.165, 1.54) is 0 Å². The lowest BCUT2D eigenvalue weighted by molar-refractivity contribution is -0.112. The number of fused-ring (bicyclic) bond motifs is 3.